The number of likely N-dealkylation sites (tertiary alicyclic amines) is 1. The van der Waals surface area contributed by atoms with Gasteiger partial charge in [-0.2, -0.15) is 0 Å². The lowest BCUT2D eigenvalue weighted by Gasteiger charge is -2.30. The van der Waals surface area contributed by atoms with Crippen molar-refractivity contribution in [3.05, 3.63) is 35.9 Å². The minimum atomic E-state index is 0.0719. The second-order valence-corrected chi connectivity index (χ2v) is 5.69. The van der Waals surface area contributed by atoms with E-state index in [2.05, 4.69) is 10.2 Å². The molecule has 5 heteroatoms. The second kappa shape index (κ2) is 7.36. The number of carbonyl (C=O) groups excluding carboxylic acids is 1. The lowest BCUT2D eigenvalue weighted by atomic mass is 9.97. The van der Waals surface area contributed by atoms with E-state index in [-0.39, 0.29) is 5.91 Å². The Morgan fingerprint density at radius 2 is 1.95 bits per heavy atom. The topological polar surface area (TPSA) is 58.4 Å². The quantitative estimate of drug-likeness (QED) is 0.803. The van der Waals surface area contributed by atoms with Gasteiger partial charge in [0.15, 0.2) is 0 Å². The molecule has 0 bridgehead atoms. The Morgan fingerprint density at radius 1 is 1.30 bits per heavy atom. The number of nitrogens with zero attached hydrogens (tertiary/aromatic N) is 1. The molecule has 1 fully saturated rings. The minimum Gasteiger partial charge on any atom is -0.393 e. The molecule has 1 aromatic carbocycles. The summed E-state index contributed by atoms with van der Waals surface area (Å²) in [6, 6.07) is 9.93. The molecule has 20 heavy (non-hydrogen) atoms. The number of rotatable bonds is 5. The third kappa shape index (κ3) is 4.58. The van der Waals surface area contributed by atoms with E-state index < -0.39 is 0 Å². The molecule has 0 aliphatic carbocycles. The van der Waals surface area contributed by atoms with Gasteiger partial charge in [-0.05, 0) is 31.5 Å². The summed E-state index contributed by atoms with van der Waals surface area (Å²) in [4.78, 5) is 14.7. The Hall–Kier alpha value is -1.46. The van der Waals surface area contributed by atoms with Crippen LogP contribution in [0.1, 0.15) is 18.4 Å². The van der Waals surface area contributed by atoms with E-state index in [1.54, 1.807) is 0 Å². The predicted molar refractivity (Wildman–Crippen MR) is 84.2 cm³/mol. The van der Waals surface area contributed by atoms with Crippen molar-refractivity contribution in [1.29, 1.82) is 0 Å². The summed E-state index contributed by atoms with van der Waals surface area (Å²) in [5, 5.41) is 2.95. The zero-order valence-electron chi connectivity index (χ0n) is 11.5. The van der Waals surface area contributed by atoms with Crippen LogP contribution in [0.5, 0.6) is 0 Å². The van der Waals surface area contributed by atoms with Crippen molar-refractivity contribution >= 4 is 23.1 Å². The van der Waals surface area contributed by atoms with E-state index in [0.717, 1.165) is 31.5 Å². The molecule has 1 amide bonds. The van der Waals surface area contributed by atoms with Crippen molar-refractivity contribution in [3.63, 3.8) is 0 Å². The number of nitrogens with one attached hydrogen (secondary N) is 1. The van der Waals surface area contributed by atoms with Crippen LogP contribution < -0.4 is 11.1 Å². The summed E-state index contributed by atoms with van der Waals surface area (Å²) in [7, 11) is 0. The average molecular weight is 291 g/mol. The molecule has 0 spiro atoms. The van der Waals surface area contributed by atoms with Gasteiger partial charge in [0, 0.05) is 12.5 Å². The van der Waals surface area contributed by atoms with Gasteiger partial charge in [-0.3, -0.25) is 9.69 Å². The summed E-state index contributed by atoms with van der Waals surface area (Å²) in [6.07, 6.45) is 1.92. The normalized spacial score (nSPS) is 16.8. The molecule has 1 saturated heterocycles. The van der Waals surface area contributed by atoms with E-state index in [1.807, 2.05) is 30.3 Å². The van der Waals surface area contributed by atoms with Gasteiger partial charge in [0.25, 0.3) is 0 Å². The Morgan fingerprint density at radius 3 is 2.55 bits per heavy atom. The maximum Gasteiger partial charge on any atom is 0.234 e. The first-order valence-corrected chi connectivity index (χ1v) is 7.38. The number of nitrogens with two attached hydrogens (primary N) is 1. The van der Waals surface area contributed by atoms with Crippen LogP contribution in [0.15, 0.2) is 30.3 Å². The van der Waals surface area contributed by atoms with Crippen molar-refractivity contribution in [2.75, 3.05) is 19.6 Å². The fourth-order valence-corrected chi connectivity index (χ4v) is 2.67. The molecule has 3 N–H and O–H groups in total. The van der Waals surface area contributed by atoms with E-state index in [9.17, 15) is 4.79 Å². The molecule has 1 heterocycles. The number of carbonyl (C=O) groups is 1. The zero-order chi connectivity index (χ0) is 14.4. The SMILES string of the molecule is NC(=S)C1CCN(CC(=O)NCc2ccccc2)CC1. The van der Waals surface area contributed by atoms with Crippen LogP contribution in [0.25, 0.3) is 0 Å². The molecule has 0 unspecified atom stereocenters. The molecule has 2 rings (SSSR count). The van der Waals surface area contributed by atoms with Gasteiger partial charge >= 0.3 is 0 Å². The molecule has 0 aromatic heterocycles. The Bertz CT molecular complexity index is 455. The van der Waals surface area contributed by atoms with Crippen LogP contribution in [0, 0.1) is 5.92 Å². The van der Waals surface area contributed by atoms with Crippen LogP contribution in [0.3, 0.4) is 0 Å². The largest absolute Gasteiger partial charge is 0.393 e. The van der Waals surface area contributed by atoms with Crippen molar-refractivity contribution < 1.29 is 4.79 Å². The molecule has 1 aliphatic rings. The molecule has 0 saturated carbocycles. The van der Waals surface area contributed by atoms with Crippen molar-refractivity contribution in [3.8, 4) is 0 Å². The number of benzene rings is 1. The highest BCUT2D eigenvalue weighted by Gasteiger charge is 2.22. The number of hydrogen-bond donors (Lipinski definition) is 2. The molecule has 0 atom stereocenters. The van der Waals surface area contributed by atoms with E-state index in [1.165, 1.54) is 0 Å². The predicted octanol–water partition coefficient (Wildman–Crippen LogP) is 1.30. The number of thiocarbonyl (C=S) groups is 1. The first-order chi connectivity index (χ1) is 9.65. The standard InChI is InChI=1S/C15H21N3OS/c16-15(20)13-6-8-18(9-7-13)11-14(19)17-10-12-4-2-1-3-5-12/h1-5,13H,6-11H2,(H2,16,20)(H,17,19). The fourth-order valence-electron chi connectivity index (χ4n) is 2.43. The number of amides is 1. The van der Waals surface area contributed by atoms with Gasteiger partial charge in [0.05, 0.1) is 11.5 Å². The smallest absolute Gasteiger partial charge is 0.234 e. The third-order valence-corrected chi connectivity index (χ3v) is 4.02. The van der Waals surface area contributed by atoms with Gasteiger partial charge in [-0.1, -0.05) is 42.5 Å². The average Bonchev–Trinajstić information content (AvgIpc) is 2.47. The second-order valence-electron chi connectivity index (χ2n) is 5.22. The molecule has 1 aromatic rings. The summed E-state index contributed by atoms with van der Waals surface area (Å²) in [6.45, 7) is 2.82. The monoisotopic (exact) mass is 291 g/mol. The van der Waals surface area contributed by atoms with Crippen molar-refractivity contribution in [2.24, 2.45) is 11.7 Å². The number of hydrogen-bond acceptors (Lipinski definition) is 3. The van der Waals surface area contributed by atoms with Crippen LogP contribution in [0.4, 0.5) is 0 Å². The Balaban J connectivity index is 1.69. The van der Waals surface area contributed by atoms with Crippen LogP contribution >= 0.6 is 12.2 Å². The number of piperidine rings is 1. The first-order valence-electron chi connectivity index (χ1n) is 6.97. The molecule has 0 radical (unpaired) electrons. The van der Waals surface area contributed by atoms with Crippen LogP contribution in [0.2, 0.25) is 0 Å². The highest BCUT2D eigenvalue weighted by atomic mass is 32.1. The van der Waals surface area contributed by atoms with Gasteiger partial charge in [0.1, 0.15) is 0 Å². The lowest BCUT2D eigenvalue weighted by molar-refractivity contribution is -0.122. The molecule has 1 aliphatic heterocycles. The maximum absolute atomic E-state index is 11.9. The summed E-state index contributed by atoms with van der Waals surface area (Å²) >= 11 is 5.02. The van der Waals surface area contributed by atoms with Crippen LogP contribution in [-0.2, 0) is 11.3 Å². The fraction of sp³-hybridized carbons (Fsp3) is 0.467. The molecule has 4 nitrogen and oxygen atoms in total. The zero-order valence-corrected chi connectivity index (χ0v) is 12.4. The third-order valence-electron chi connectivity index (χ3n) is 3.69. The van der Waals surface area contributed by atoms with Crippen molar-refractivity contribution in [1.82, 2.24) is 10.2 Å². The molecular weight excluding hydrogens is 270 g/mol. The molecular formula is C15H21N3OS. The van der Waals surface area contributed by atoms with Gasteiger partial charge in [0.2, 0.25) is 5.91 Å². The van der Waals surface area contributed by atoms with Gasteiger partial charge < -0.3 is 11.1 Å². The summed E-state index contributed by atoms with van der Waals surface area (Å²) < 4.78 is 0. The van der Waals surface area contributed by atoms with E-state index in [0.29, 0.717) is 24.0 Å². The summed E-state index contributed by atoms with van der Waals surface area (Å²) in [5.74, 6) is 0.413. The molecule has 108 valence electrons. The minimum absolute atomic E-state index is 0.0719. The lowest BCUT2D eigenvalue weighted by Crippen LogP contribution is -2.43. The van der Waals surface area contributed by atoms with Crippen LogP contribution in [-0.4, -0.2) is 35.4 Å². The van der Waals surface area contributed by atoms with Gasteiger partial charge in [-0.25, -0.2) is 0 Å². The Kier molecular flexibility index (Phi) is 5.49. The van der Waals surface area contributed by atoms with E-state index in [4.69, 9.17) is 18.0 Å². The highest BCUT2D eigenvalue weighted by molar-refractivity contribution is 7.80. The van der Waals surface area contributed by atoms with Gasteiger partial charge in [-0.15, -0.1) is 0 Å². The Labute approximate surface area is 125 Å². The first kappa shape index (κ1) is 14.9. The summed E-state index contributed by atoms with van der Waals surface area (Å²) in [5.41, 5.74) is 6.78. The maximum atomic E-state index is 11.9. The highest BCUT2D eigenvalue weighted by Crippen LogP contribution is 2.16. The van der Waals surface area contributed by atoms with E-state index >= 15 is 0 Å². The van der Waals surface area contributed by atoms with Crippen molar-refractivity contribution in [2.45, 2.75) is 19.4 Å².